The number of hydrogen-bond donors (Lipinski definition) is 2. The molecule has 1 heterocycles. The largest absolute Gasteiger partial charge is 0.375 e. The molecule has 0 atom stereocenters. The summed E-state index contributed by atoms with van der Waals surface area (Å²) in [6.45, 7) is 15.0. The molecule has 0 bridgehead atoms. The number of halogens is 1. The van der Waals surface area contributed by atoms with Gasteiger partial charge in [0.2, 0.25) is 0 Å². The first-order chi connectivity index (χ1) is 15.3. The molecule has 0 spiro atoms. The molecule has 2 N–H and O–H groups in total. The number of benzene rings is 1. The average molecular weight is 571 g/mol. The van der Waals surface area contributed by atoms with Crippen LogP contribution in [0.2, 0.25) is 0 Å². The first-order valence-electron chi connectivity index (χ1n) is 11.7. The molecule has 1 aromatic carbocycles. The Balaban J connectivity index is 0.00000544. The molecule has 2 rings (SSSR count). The zero-order chi connectivity index (χ0) is 23.5. The third kappa shape index (κ3) is 9.87. The highest BCUT2D eigenvalue weighted by molar-refractivity contribution is 14.0. The predicted octanol–water partition coefficient (Wildman–Crippen LogP) is 3.42. The Bertz CT molecular complexity index is 811. The number of anilines is 1. The molecule has 2 aromatic rings. The van der Waals surface area contributed by atoms with Gasteiger partial charge in [0.1, 0.15) is 12.4 Å². The lowest BCUT2D eigenvalue weighted by Gasteiger charge is -2.30. The van der Waals surface area contributed by atoms with Crippen molar-refractivity contribution >= 4 is 35.6 Å². The van der Waals surface area contributed by atoms with Gasteiger partial charge in [-0.1, -0.05) is 18.2 Å². The first kappa shape index (κ1) is 29.2. The molecule has 0 amide bonds. The summed E-state index contributed by atoms with van der Waals surface area (Å²) in [5, 5.41) is 15.4. The Labute approximate surface area is 217 Å². The second kappa shape index (κ2) is 15.1. The number of hydrogen-bond acceptors (Lipinski definition) is 5. The van der Waals surface area contributed by atoms with E-state index in [9.17, 15) is 0 Å². The summed E-state index contributed by atoms with van der Waals surface area (Å²) in [5.41, 5.74) is 1.24. The van der Waals surface area contributed by atoms with Crippen LogP contribution in [-0.2, 0) is 13.6 Å². The summed E-state index contributed by atoms with van der Waals surface area (Å²) in [5.74, 6) is 2.57. The minimum absolute atomic E-state index is 0. The van der Waals surface area contributed by atoms with Gasteiger partial charge in [-0.05, 0) is 53.2 Å². The van der Waals surface area contributed by atoms with Gasteiger partial charge in [0.25, 0.3) is 0 Å². The van der Waals surface area contributed by atoms with Crippen molar-refractivity contribution in [2.24, 2.45) is 12.0 Å². The minimum Gasteiger partial charge on any atom is -0.375 e. The Hall–Kier alpha value is -1.88. The van der Waals surface area contributed by atoms with Crippen molar-refractivity contribution in [1.82, 2.24) is 30.3 Å². The van der Waals surface area contributed by atoms with Crippen LogP contribution in [0.25, 0.3) is 0 Å². The Morgan fingerprint density at radius 2 is 1.64 bits per heavy atom. The summed E-state index contributed by atoms with van der Waals surface area (Å²) < 4.78 is 1.98. The van der Waals surface area contributed by atoms with E-state index in [0.717, 1.165) is 50.2 Å². The molecule has 0 aliphatic rings. The van der Waals surface area contributed by atoms with Gasteiger partial charge in [-0.2, -0.15) is 0 Å². The topological polar surface area (TPSA) is 73.6 Å². The molecule has 0 saturated carbocycles. The lowest BCUT2D eigenvalue weighted by molar-refractivity contribution is 0.178. The maximum Gasteiger partial charge on any atom is 0.191 e. The molecule has 0 saturated heterocycles. The van der Waals surface area contributed by atoms with Crippen LogP contribution in [0.4, 0.5) is 5.69 Å². The number of guanidine groups is 1. The fraction of sp³-hybridized carbons (Fsp3) is 0.625. The maximum atomic E-state index is 4.77. The molecule has 8 nitrogen and oxygen atoms in total. The van der Waals surface area contributed by atoms with Crippen molar-refractivity contribution in [1.29, 1.82) is 0 Å². The standard InChI is InChI=1S/C24H42N8.HI/c1-19(2)32(20(3)4)17-15-26-24(27-18-23-29-28-21(5)31(23)7)25-14-11-16-30(6)22-12-9-8-10-13-22;/h8-10,12-13,19-20H,11,14-18H2,1-7H3,(H2,25,26,27);1H. The summed E-state index contributed by atoms with van der Waals surface area (Å²) >= 11 is 0. The molecular weight excluding hydrogens is 527 g/mol. The van der Waals surface area contributed by atoms with Crippen LogP contribution in [0.1, 0.15) is 45.8 Å². The highest BCUT2D eigenvalue weighted by Gasteiger charge is 2.13. The normalized spacial score (nSPS) is 11.8. The monoisotopic (exact) mass is 570 g/mol. The van der Waals surface area contributed by atoms with Crippen molar-refractivity contribution < 1.29 is 0 Å². The van der Waals surface area contributed by atoms with E-state index in [-0.39, 0.29) is 24.0 Å². The highest BCUT2D eigenvalue weighted by Crippen LogP contribution is 2.10. The van der Waals surface area contributed by atoms with Gasteiger partial charge in [0, 0.05) is 58.0 Å². The van der Waals surface area contributed by atoms with E-state index in [0.29, 0.717) is 18.6 Å². The van der Waals surface area contributed by atoms with Crippen LogP contribution < -0.4 is 15.5 Å². The molecule has 0 aliphatic carbocycles. The summed E-state index contributed by atoms with van der Waals surface area (Å²) in [6, 6.07) is 11.5. The zero-order valence-electron chi connectivity index (χ0n) is 21.4. The van der Waals surface area contributed by atoms with Gasteiger partial charge >= 0.3 is 0 Å². The highest BCUT2D eigenvalue weighted by atomic mass is 127. The molecule has 0 radical (unpaired) electrons. The number of aryl methyl sites for hydroxylation is 1. The van der Waals surface area contributed by atoms with E-state index in [4.69, 9.17) is 4.99 Å². The van der Waals surface area contributed by atoms with Gasteiger partial charge in [0.15, 0.2) is 11.8 Å². The Morgan fingerprint density at radius 1 is 1.00 bits per heavy atom. The SMILES string of the molecule is Cc1nnc(CN=C(NCCCN(C)c2ccccc2)NCCN(C(C)C)C(C)C)n1C.I. The molecule has 186 valence electrons. The van der Waals surface area contributed by atoms with E-state index < -0.39 is 0 Å². The molecular formula is C24H43IN8. The van der Waals surface area contributed by atoms with E-state index in [2.05, 4.69) is 89.6 Å². The van der Waals surface area contributed by atoms with Crippen molar-refractivity contribution in [2.45, 2.75) is 59.7 Å². The van der Waals surface area contributed by atoms with Crippen molar-refractivity contribution in [2.75, 3.05) is 38.1 Å². The summed E-state index contributed by atoms with van der Waals surface area (Å²) in [7, 11) is 4.11. The molecule has 1 aromatic heterocycles. The number of nitrogens with zero attached hydrogens (tertiary/aromatic N) is 6. The fourth-order valence-electron chi connectivity index (χ4n) is 3.66. The summed E-state index contributed by atoms with van der Waals surface area (Å²) in [6.07, 6.45) is 1.01. The van der Waals surface area contributed by atoms with Crippen molar-refractivity contribution in [3.05, 3.63) is 42.0 Å². The van der Waals surface area contributed by atoms with Crippen LogP contribution >= 0.6 is 24.0 Å². The van der Waals surface area contributed by atoms with E-state index >= 15 is 0 Å². The second-order valence-corrected chi connectivity index (χ2v) is 8.78. The Morgan fingerprint density at radius 3 is 2.21 bits per heavy atom. The third-order valence-corrected chi connectivity index (χ3v) is 5.71. The number of nitrogens with one attached hydrogen (secondary N) is 2. The number of para-hydroxylation sites is 1. The van der Waals surface area contributed by atoms with E-state index in [1.54, 1.807) is 0 Å². The number of aromatic nitrogens is 3. The quantitative estimate of drug-likeness (QED) is 0.176. The van der Waals surface area contributed by atoms with Crippen LogP contribution in [0.5, 0.6) is 0 Å². The van der Waals surface area contributed by atoms with Crippen LogP contribution in [0, 0.1) is 6.92 Å². The van der Waals surface area contributed by atoms with E-state index in [1.807, 2.05) is 24.6 Å². The van der Waals surface area contributed by atoms with Crippen LogP contribution in [-0.4, -0.2) is 70.9 Å². The molecule has 33 heavy (non-hydrogen) atoms. The molecule has 9 heteroatoms. The van der Waals surface area contributed by atoms with E-state index in [1.165, 1.54) is 5.69 Å². The lowest BCUT2D eigenvalue weighted by atomic mass is 10.2. The third-order valence-electron chi connectivity index (χ3n) is 5.71. The fourth-order valence-corrected chi connectivity index (χ4v) is 3.66. The molecule has 0 aliphatic heterocycles. The Kier molecular flexibility index (Phi) is 13.3. The molecule has 0 fully saturated rings. The first-order valence-corrected chi connectivity index (χ1v) is 11.7. The van der Waals surface area contributed by atoms with Crippen molar-refractivity contribution in [3.63, 3.8) is 0 Å². The second-order valence-electron chi connectivity index (χ2n) is 8.78. The van der Waals surface area contributed by atoms with Crippen LogP contribution in [0.15, 0.2) is 35.3 Å². The maximum absolute atomic E-state index is 4.77. The van der Waals surface area contributed by atoms with Gasteiger partial charge < -0.3 is 20.1 Å². The zero-order valence-corrected chi connectivity index (χ0v) is 23.7. The minimum atomic E-state index is 0. The predicted molar refractivity (Wildman–Crippen MR) is 150 cm³/mol. The average Bonchev–Trinajstić information content (AvgIpc) is 3.09. The van der Waals surface area contributed by atoms with Gasteiger partial charge in [-0.15, -0.1) is 34.2 Å². The van der Waals surface area contributed by atoms with Gasteiger partial charge in [-0.3, -0.25) is 4.90 Å². The smallest absolute Gasteiger partial charge is 0.191 e. The van der Waals surface area contributed by atoms with Gasteiger partial charge in [-0.25, -0.2) is 4.99 Å². The number of rotatable bonds is 12. The molecule has 0 unspecified atom stereocenters. The number of aliphatic imine (C=N–C) groups is 1. The lowest BCUT2D eigenvalue weighted by Crippen LogP contribution is -2.45. The summed E-state index contributed by atoms with van der Waals surface area (Å²) in [4.78, 5) is 9.52. The van der Waals surface area contributed by atoms with Crippen LogP contribution in [0.3, 0.4) is 0 Å². The van der Waals surface area contributed by atoms with Crippen molar-refractivity contribution in [3.8, 4) is 0 Å². The van der Waals surface area contributed by atoms with Gasteiger partial charge in [0.05, 0.1) is 0 Å².